The van der Waals surface area contributed by atoms with E-state index in [1.165, 1.54) is 18.4 Å². The van der Waals surface area contributed by atoms with Crippen LogP contribution in [0.5, 0.6) is 11.5 Å². The van der Waals surface area contributed by atoms with Gasteiger partial charge in [-0.2, -0.15) is 0 Å². The van der Waals surface area contributed by atoms with Crippen molar-refractivity contribution in [1.82, 2.24) is 0 Å². The Kier molecular flexibility index (Phi) is 3.89. The first kappa shape index (κ1) is 12.8. The van der Waals surface area contributed by atoms with Crippen molar-refractivity contribution in [3.05, 3.63) is 23.8 Å². The lowest BCUT2D eigenvalue weighted by Gasteiger charge is -2.19. The summed E-state index contributed by atoms with van der Waals surface area (Å²) in [7, 11) is 0. The third kappa shape index (κ3) is 3.01. The smallest absolute Gasteiger partial charge is 0.161 e. The van der Waals surface area contributed by atoms with Crippen molar-refractivity contribution in [3.8, 4) is 11.5 Å². The maximum atomic E-state index is 5.90. The van der Waals surface area contributed by atoms with Crippen LogP contribution in [-0.2, 0) is 4.74 Å². The van der Waals surface area contributed by atoms with Gasteiger partial charge in [-0.15, -0.1) is 0 Å². The zero-order chi connectivity index (χ0) is 13.1. The fourth-order valence-corrected chi connectivity index (χ4v) is 2.46. The summed E-state index contributed by atoms with van der Waals surface area (Å²) in [6.45, 7) is 2.61. The van der Waals surface area contributed by atoms with Crippen molar-refractivity contribution in [2.45, 2.75) is 25.4 Å². The Morgan fingerprint density at radius 2 is 2.00 bits per heavy atom. The van der Waals surface area contributed by atoms with E-state index in [2.05, 4.69) is 12.1 Å². The van der Waals surface area contributed by atoms with Gasteiger partial charge in [0.15, 0.2) is 11.5 Å². The number of fused-ring (bicyclic) bond motifs is 1. The molecule has 0 radical (unpaired) electrons. The van der Waals surface area contributed by atoms with E-state index in [1.807, 2.05) is 6.07 Å². The molecule has 0 bridgehead atoms. The van der Waals surface area contributed by atoms with Crippen molar-refractivity contribution in [2.75, 3.05) is 26.4 Å². The average molecular weight is 263 g/mol. The molecule has 0 amide bonds. The fraction of sp³-hybridized carbons (Fsp3) is 0.600. The molecule has 1 fully saturated rings. The van der Waals surface area contributed by atoms with Gasteiger partial charge >= 0.3 is 0 Å². The van der Waals surface area contributed by atoms with Crippen LogP contribution in [0.1, 0.15) is 30.9 Å². The second-order valence-corrected chi connectivity index (χ2v) is 5.17. The van der Waals surface area contributed by atoms with Crippen molar-refractivity contribution in [3.63, 3.8) is 0 Å². The molecular formula is C15H21NO3. The van der Waals surface area contributed by atoms with Crippen LogP contribution >= 0.6 is 0 Å². The molecule has 1 aromatic rings. The van der Waals surface area contributed by atoms with Crippen LogP contribution in [-0.4, -0.2) is 26.4 Å². The van der Waals surface area contributed by atoms with Crippen LogP contribution in [0.2, 0.25) is 0 Å². The zero-order valence-electron chi connectivity index (χ0n) is 11.1. The number of hydrogen-bond donors (Lipinski definition) is 1. The van der Waals surface area contributed by atoms with E-state index in [4.69, 9.17) is 19.9 Å². The Balaban J connectivity index is 1.80. The molecule has 0 aromatic heterocycles. The van der Waals surface area contributed by atoms with Crippen LogP contribution < -0.4 is 15.2 Å². The Morgan fingerprint density at radius 3 is 2.74 bits per heavy atom. The average Bonchev–Trinajstić information content (AvgIpc) is 3.25. The molecule has 2 N–H and O–H groups in total. The van der Waals surface area contributed by atoms with Gasteiger partial charge in [0, 0.05) is 13.0 Å². The predicted octanol–water partition coefficient (Wildman–Crippen LogP) is 2.27. The monoisotopic (exact) mass is 263 g/mol. The van der Waals surface area contributed by atoms with Crippen molar-refractivity contribution < 1.29 is 14.2 Å². The van der Waals surface area contributed by atoms with Crippen molar-refractivity contribution >= 4 is 0 Å². The fourth-order valence-electron chi connectivity index (χ4n) is 2.46. The van der Waals surface area contributed by atoms with E-state index in [0.717, 1.165) is 24.5 Å². The number of benzene rings is 1. The van der Waals surface area contributed by atoms with Gasteiger partial charge in [0.2, 0.25) is 0 Å². The molecule has 4 nitrogen and oxygen atoms in total. The Morgan fingerprint density at radius 1 is 1.21 bits per heavy atom. The van der Waals surface area contributed by atoms with Gasteiger partial charge < -0.3 is 19.9 Å². The standard InChI is InChI=1S/C15H21NO3/c16-6-9-19-15(11-2-3-11)12-4-5-13-14(10-12)18-8-1-7-17-13/h4-5,10-11,15H,1-3,6-9,16H2. The summed E-state index contributed by atoms with van der Waals surface area (Å²) in [6, 6.07) is 6.16. The van der Waals surface area contributed by atoms with Gasteiger partial charge in [-0.25, -0.2) is 0 Å². The molecule has 1 unspecified atom stereocenters. The molecule has 1 aliphatic carbocycles. The molecule has 19 heavy (non-hydrogen) atoms. The van der Waals surface area contributed by atoms with Gasteiger partial charge in [0.05, 0.1) is 25.9 Å². The third-order valence-corrected chi connectivity index (χ3v) is 3.57. The van der Waals surface area contributed by atoms with E-state index in [-0.39, 0.29) is 6.10 Å². The van der Waals surface area contributed by atoms with Crippen LogP contribution in [0.15, 0.2) is 18.2 Å². The molecule has 1 saturated carbocycles. The van der Waals surface area contributed by atoms with Crippen LogP contribution in [0, 0.1) is 5.92 Å². The summed E-state index contributed by atoms with van der Waals surface area (Å²) in [5, 5.41) is 0. The molecule has 1 aliphatic heterocycles. The zero-order valence-corrected chi connectivity index (χ0v) is 11.1. The Hall–Kier alpha value is -1.26. The van der Waals surface area contributed by atoms with Gasteiger partial charge in [-0.05, 0) is 36.5 Å². The van der Waals surface area contributed by atoms with Crippen LogP contribution in [0.25, 0.3) is 0 Å². The Labute approximate surface area is 113 Å². The molecule has 104 valence electrons. The SMILES string of the molecule is NCCOC(c1ccc2c(c1)OCCCO2)C1CC1. The molecule has 4 heteroatoms. The summed E-state index contributed by atoms with van der Waals surface area (Å²) in [6.07, 6.45) is 3.56. The first-order valence-electron chi connectivity index (χ1n) is 7.09. The highest BCUT2D eigenvalue weighted by Gasteiger charge is 2.33. The Bertz CT molecular complexity index is 431. The van der Waals surface area contributed by atoms with E-state index in [0.29, 0.717) is 25.7 Å². The maximum Gasteiger partial charge on any atom is 0.161 e. The minimum atomic E-state index is 0.153. The third-order valence-electron chi connectivity index (χ3n) is 3.57. The molecule has 1 heterocycles. The van der Waals surface area contributed by atoms with E-state index in [1.54, 1.807) is 0 Å². The first-order valence-corrected chi connectivity index (χ1v) is 7.09. The van der Waals surface area contributed by atoms with Gasteiger partial charge in [0.25, 0.3) is 0 Å². The quantitative estimate of drug-likeness (QED) is 0.885. The molecule has 0 saturated heterocycles. The minimum Gasteiger partial charge on any atom is -0.490 e. The van der Waals surface area contributed by atoms with Gasteiger partial charge in [0.1, 0.15) is 0 Å². The predicted molar refractivity (Wildman–Crippen MR) is 72.5 cm³/mol. The number of rotatable bonds is 5. The van der Waals surface area contributed by atoms with Crippen molar-refractivity contribution in [1.29, 1.82) is 0 Å². The number of nitrogens with two attached hydrogens (primary N) is 1. The highest BCUT2D eigenvalue weighted by molar-refractivity contribution is 5.44. The lowest BCUT2D eigenvalue weighted by molar-refractivity contribution is 0.0423. The topological polar surface area (TPSA) is 53.7 Å². The maximum absolute atomic E-state index is 5.90. The van der Waals surface area contributed by atoms with E-state index < -0.39 is 0 Å². The summed E-state index contributed by atoms with van der Waals surface area (Å²) < 4.78 is 17.3. The molecular weight excluding hydrogens is 242 g/mol. The molecule has 1 aromatic carbocycles. The normalized spacial score (nSPS) is 19.8. The number of ether oxygens (including phenoxy) is 3. The largest absolute Gasteiger partial charge is 0.490 e. The molecule has 2 aliphatic rings. The molecule has 3 rings (SSSR count). The lowest BCUT2D eigenvalue weighted by Crippen LogP contribution is -2.14. The van der Waals surface area contributed by atoms with E-state index >= 15 is 0 Å². The van der Waals surface area contributed by atoms with Crippen LogP contribution in [0.4, 0.5) is 0 Å². The highest BCUT2D eigenvalue weighted by Crippen LogP contribution is 2.45. The van der Waals surface area contributed by atoms with Gasteiger partial charge in [-0.1, -0.05) is 6.07 Å². The lowest BCUT2D eigenvalue weighted by atomic mass is 10.0. The minimum absolute atomic E-state index is 0.153. The summed E-state index contributed by atoms with van der Waals surface area (Å²) >= 11 is 0. The summed E-state index contributed by atoms with van der Waals surface area (Å²) in [5.74, 6) is 2.32. The molecule has 1 atom stereocenters. The van der Waals surface area contributed by atoms with Gasteiger partial charge in [-0.3, -0.25) is 0 Å². The first-order chi connectivity index (χ1) is 9.38. The van der Waals surface area contributed by atoms with E-state index in [9.17, 15) is 0 Å². The second-order valence-electron chi connectivity index (χ2n) is 5.17. The van der Waals surface area contributed by atoms with Crippen LogP contribution in [0.3, 0.4) is 0 Å². The highest BCUT2D eigenvalue weighted by atomic mass is 16.5. The molecule has 0 spiro atoms. The second kappa shape index (κ2) is 5.80. The summed E-state index contributed by atoms with van der Waals surface area (Å²) in [4.78, 5) is 0. The number of hydrogen-bond acceptors (Lipinski definition) is 4. The van der Waals surface area contributed by atoms with Crippen molar-refractivity contribution in [2.24, 2.45) is 11.7 Å². The summed E-state index contributed by atoms with van der Waals surface area (Å²) in [5.41, 5.74) is 6.72.